The van der Waals surface area contributed by atoms with E-state index in [1.54, 1.807) is 17.0 Å². The molecule has 1 aromatic heterocycles. The summed E-state index contributed by atoms with van der Waals surface area (Å²) in [6, 6.07) is 14.9. The van der Waals surface area contributed by atoms with Crippen LogP contribution in [0.15, 0.2) is 48.7 Å². The Hall–Kier alpha value is -3.92. The molecule has 0 radical (unpaired) electrons. The first-order chi connectivity index (χ1) is 23.8. The number of hydrogen-bond acceptors (Lipinski definition) is 9. The number of amides is 2. The Kier molecular flexibility index (Phi) is 9.68. The molecule has 3 saturated heterocycles. The second-order valence-electron chi connectivity index (χ2n) is 13.8. The van der Waals surface area contributed by atoms with Crippen LogP contribution >= 0.6 is 23.1 Å². The van der Waals surface area contributed by atoms with Gasteiger partial charge in [0.15, 0.2) is 5.13 Å². The number of carbonyl (C=O) groups excluding carboxylic acids is 2. The van der Waals surface area contributed by atoms with Gasteiger partial charge < -0.3 is 19.6 Å². The number of nitrogens with zero attached hydrogens (tertiary/aromatic N) is 7. The van der Waals surface area contributed by atoms with Crippen LogP contribution in [0.3, 0.4) is 0 Å². The molecule has 0 unspecified atom stereocenters. The second kappa shape index (κ2) is 14.1. The number of nitriles is 1. The first-order valence-corrected chi connectivity index (χ1v) is 19.0. The molecule has 4 fully saturated rings. The summed E-state index contributed by atoms with van der Waals surface area (Å²) in [6.07, 6.45) is 7.17. The molecule has 0 N–H and O–H groups in total. The van der Waals surface area contributed by atoms with Gasteiger partial charge in [0, 0.05) is 80.8 Å². The molecule has 9 nitrogen and oxygen atoms in total. The third-order valence-corrected chi connectivity index (χ3v) is 12.4. The van der Waals surface area contributed by atoms with Crippen molar-refractivity contribution in [2.75, 3.05) is 74.2 Å². The molecule has 2 amide bonds. The van der Waals surface area contributed by atoms with Gasteiger partial charge in [-0.1, -0.05) is 17.4 Å². The Labute approximate surface area is 296 Å². The predicted molar refractivity (Wildman–Crippen MR) is 195 cm³/mol. The van der Waals surface area contributed by atoms with E-state index < -0.39 is 0 Å². The number of aryl methyl sites for hydroxylation is 1. The van der Waals surface area contributed by atoms with Gasteiger partial charge in [-0.2, -0.15) is 17.0 Å². The normalized spacial score (nSPS) is 19.3. The minimum atomic E-state index is -0.349. The molecule has 256 valence electrons. The van der Waals surface area contributed by atoms with Crippen LogP contribution in [-0.2, 0) is 9.59 Å². The van der Waals surface area contributed by atoms with Gasteiger partial charge in [0.1, 0.15) is 22.5 Å². The van der Waals surface area contributed by atoms with Gasteiger partial charge >= 0.3 is 0 Å². The molecule has 7 rings (SSSR count). The Morgan fingerprint density at radius 3 is 2.47 bits per heavy atom. The molecule has 12 heteroatoms. The van der Waals surface area contributed by atoms with Crippen molar-refractivity contribution in [1.29, 1.82) is 5.26 Å². The van der Waals surface area contributed by atoms with Gasteiger partial charge in [-0.3, -0.25) is 14.5 Å². The summed E-state index contributed by atoms with van der Waals surface area (Å²) in [5.41, 5.74) is 5.46. The molecule has 0 bridgehead atoms. The SMILES string of the molecule is Cc1ccc(N2CCN(CC(=O)N3CC4(CCSCC4)C3)CC2)cc1/C(=C\N(C=O)C1CC1)N(C)c1nc(-c2ccc(F)cc2)c(C#N)s1. The zero-order chi connectivity index (χ0) is 34.1. The lowest BCUT2D eigenvalue weighted by atomic mass is 9.74. The van der Waals surface area contributed by atoms with Crippen LogP contribution in [-0.4, -0.2) is 102 Å². The summed E-state index contributed by atoms with van der Waals surface area (Å²) in [6.45, 7) is 7.66. The summed E-state index contributed by atoms with van der Waals surface area (Å²) < 4.78 is 13.7. The number of benzene rings is 2. The van der Waals surface area contributed by atoms with Crippen molar-refractivity contribution in [3.05, 3.63) is 70.5 Å². The molecule has 3 aromatic rings. The fourth-order valence-electron chi connectivity index (χ4n) is 7.11. The van der Waals surface area contributed by atoms with Crippen LogP contribution in [0.5, 0.6) is 0 Å². The average molecular weight is 700 g/mol. The number of hydrogen-bond donors (Lipinski definition) is 0. The number of likely N-dealkylation sites (tertiary alicyclic amines) is 1. The van der Waals surface area contributed by atoms with E-state index in [9.17, 15) is 19.2 Å². The van der Waals surface area contributed by atoms with Crippen molar-refractivity contribution in [1.82, 2.24) is 19.7 Å². The van der Waals surface area contributed by atoms with E-state index in [1.165, 1.54) is 47.8 Å². The van der Waals surface area contributed by atoms with Crippen molar-refractivity contribution >= 4 is 51.9 Å². The summed E-state index contributed by atoms with van der Waals surface area (Å²) in [4.78, 5) is 41.0. The van der Waals surface area contributed by atoms with E-state index in [4.69, 9.17) is 4.98 Å². The highest BCUT2D eigenvalue weighted by Gasteiger charge is 2.45. The molecule has 2 aromatic carbocycles. The van der Waals surface area contributed by atoms with E-state index in [-0.39, 0.29) is 17.8 Å². The second-order valence-corrected chi connectivity index (χ2v) is 16.0. The molecule has 1 spiro atoms. The minimum Gasteiger partial charge on any atom is -0.369 e. The number of halogens is 1. The van der Waals surface area contributed by atoms with Crippen LogP contribution in [0, 0.1) is 29.5 Å². The molecular formula is C37H42FN7O2S2. The third kappa shape index (κ3) is 7.21. The zero-order valence-electron chi connectivity index (χ0n) is 28.1. The van der Waals surface area contributed by atoms with Crippen LogP contribution < -0.4 is 9.80 Å². The first-order valence-electron chi connectivity index (χ1n) is 17.0. The van der Waals surface area contributed by atoms with Gasteiger partial charge in [-0.25, -0.2) is 9.37 Å². The largest absolute Gasteiger partial charge is 0.369 e. The van der Waals surface area contributed by atoms with Gasteiger partial charge in [0.2, 0.25) is 12.3 Å². The van der Waals surface area contributed by atoms with Crippen molar-refractivity contribution in [3.63, 3.8) is 0 Å². The Morgan fingerprint density at radius 2 is 1.82 bits per heavy atom. The number of thioether (sulfide) groups is 1. The number of carbonyl (C=O) groups is 2. The third-order valence-electron chi connectivity index (χ3n) is 10.4. The lowest BCUT2D eigenvalue weighted by molar-refractivity contribution is -0.145. The molecule has 1 saturated carbocycles. The lowest BCUT2D eigenvalue weighted by Gasteiger charge is -2.52. The molecule has 0 atom stereocenters. The van der Waals surface area contributed by atoms with Gasteiger partial charge in [0.25, 0.3) is 0 Å². The number of aromatic nitrogens is 1. The van der Waals surface area contributed by atoms with Gasteiger partial charge in [-0.05, 0) is 86.1 Å². The first kappa shape index (κ1) is 33.6. The maximum Gasteiger partial charge on any atom is 0.236 e. The average Bonchev–Trinajstić information content (AvgIpc) is 3.86. The van der Waals surface area contributed by atoms with Crippen molar-refractivity contribution in [2.24, 2.45) is 5.41 Å². The van der Waals surface area contributed by atoms with Crippen molar-refractivity contribution in [3.8, 4) is 17.3 Å². The Bertz CT molecular complexity index is 1760. The van der Waals surface area contributed by atoms with E-state index in [0.717, 1.165) is 81.0 Å². The maximum atomic E-state index is 13.7. The van der Waals surface area contributed by atoms with E-state index in [1.807, 2.05) is 29.9 Å². The number of piperazine rings is 1. The van der Waals surface area contributed by atoms with Crippen molar-refractivity contribution < 1.29 is 14.0 Å². The van der Waals surface area contributed by atoms with Gasteiger partial charge in [-0.15, -0.1) is 0 Å². The molecule has 1 aliphatic carbocycles. The van der Waals surface area contributed by atoms with Crippen LogP contribution in [0.25, 0.3) is 17.0 Å². The highest BCUT2D eigenvalue weighted by atomic mass is 32.2. The van der Waals surface area contributed by atoms with Gasteiger partial charge in [0.05, 0.1) is 12.2 Å². The summed E-state index contributed by atoms with van der Waals surface area (Å²) in [5.74, 6) is 2.35. The fourth-order valence-corrected chi connectivity index (χ4v) is 9.33. The smallest absolute Gasteiger partial charge is 0.236 e. The molecular weight excluding hydrogens is 658 g/mol. The van der Waals surface area contributed by atoms with E-state index >= 15 is 0 Å². The fraction of sp³-hybridized carbons (Fsp3) is 0.459. The van der Waals surface area contributed by atoms with E-state index in [2.05, 4.69) is 45.9 Å². The summed E-state index contributed by atoms with van der Waals surface area (Å²) >= 11 is 3.30. The summed E-state index contributed by atoms with van der Waals surface area (Å²) in [5, 5.41) is 10.6. The molecule has 49 heavy (non-hydrogen) atoms. The number of anilines is 2. The van der Waals surface area contributed by atoms with Crippen LogP contribution in [0.1, 0.15) is 41.7 Å². The number of rotatable bonds is 10. The predicted octanol–water partition coefficient (Wildman–Crippen LogP) is 5.66. The van der Waals surface area contributed by atoms with Crippen LogP contribution in [0.4, 0.5) is 15.2 Å². The quantitative estimate of drug-likeness (QED) is 0.251. The molecule has 4 aliphatic rings. The van der Waals surface area contributed by atoms with Crippen LogP contribution in [0.2, 0.25) is 0 Å². The number of thiazole rings is 1. The topological polar surface area (TPSA) is 87.0 Å². The highest BCUT2D eigenvalue weighted by Crippen LogP contribution is 2.43. The summed E-state index contributed by atoms with van der Waals surface area (Å²) in [7, 11) is 1.91. The Balaban J connectivity index is 1.08. The Morgan fingerprint density at radius 1 is 1.10 bits per heavy atom. The van der Waals surface area contributed by atoms with Crippen molar-refractivity contribution in [2.45, 2.75) is 38.6 Å². The highest BCUT2D eigenvalue weighted by molar-refractivity contribution is 7.99. The standard InChI is InChI=1S/C37H42FN7O2S2/c1-26-3-8-30(43-15-13-42(14-16-43)22-34(47)45-23-37(24-45)11-17-48-18-12-37)19-31(26)32(21-44(25-46)29-9-10-29)41(2)36-40-35(33(20-39)49-36)27-4-6-28(38)7-5-27/h3-8,19,21,25,29H,9-18,22-24H2,1-2H3/b32-21+. The lowest BCUT2D eigenvalue weighted by Crippen LogP contribution is -2.61. The maximum absolute atomic E-state index is 13.7. The monoisotopic (exact) mass is 699 g/mol. The minimum absolute atomic E-state index is 0.171. The van der Waals surface area contributed by atoms with E-state index in [0.29, 0.717) is 33.2 Å². The molecule has 4 heterocycles. The molecule has 3 aliphatic heterocycles. The zero-order valence-corrected chi connectivity index (χ0v) is 29.7.